The summed E-state index contributed by atoms with van der Waals surface area (Å²) in [7, 11) is 0. The molecule has 2 aromatic rings. The molecule has 0 aromatic carbocycles. The lowest BCUT2D eigenvalue weighted by molar-refractivity contribution is -0.146. The smallest absolute Gasteiger partial charge is 0.315 e. The average molecular weight is 301 g/mol. The van der Waals surface area contributed by atoms with Gasteiger partial charge in [-0.25, -0.2) is 4.99 Å². The van der Waals surface area contributed by atoms with Crippen LogP contribution in [0.3, 0.4) is 0 Å². The molecule has 1 aliphatic heterocycles. The Bertz CT molecular complexity index is 673. The van der Waals surface area contributed by atoms with Gasteiger partial charge >= 0.3 is 5.97 Å². The predicted octanol–water partition coefficient (Wildman–Crippen LogP) is 3.20. The molecule has 0 radical (unpaired) electrons. The average Bonchev–Trinajstić information content (AvgIpc) is 3.17. The maximum Gasteiger partial charge on any atom is 0.315 e. The van der Waals surface area contributed by atoms with Gasteiger partial charge in [0.15, 0.2) is 5.82 Å². The Kier molecular flexibility index (Phi) is 4.09. The molecule has 22 heavy (non-hydrogen) atoms. The van der Waals surface area contributed by atoms with E-state index in [0.29, 0.717) is 12.4 Å². The van der Waals surface area contributed by atoms with Crippen LogP contribution < -0.4 is 0 Å². The van der Waals surface area contributed by atoms with Crippen LogP contribution in [-0.4, -0.2) is 28.5 Å². The number of hydrogen-bond acceptors (Lipinski definition) is 5. The summed E-state index contributed by atoms with van der Waals surface area (Å²) < 4.78 is 10.9. The lowest BCUT2D eigenvalue weighted by atomic mass is 9.79. The van der Waals surface area contributed by atoms with Crippen LogP contribution in [-0.2, 0) is 9.53 Å². The number of furan rings is 1. The van der Waals surface area contributed by atoms with Gasteiger partial charge in [-0.15, -0.1) is 0 Å². The van der Waals surface area contributed by atoms with E-state index in [1.807, 2.05) is 19.1 Å². The van der Waals surface area contributed by atoms with Gasteiger partial charge in [-0.05, 0) is 25.5 Å². The van der Waals surface area contributed by atoms with Crippen LogP contribution in [0.2, 0.25) is 0 Å². The zero-order valence-corrected chi connectivity index (χ0v) is 12.7. The molecule has 0 spiro atoms. The van der Waals surface area contributed by atoms with Crippen molar-refractivity contribution in [3.8, 4) is 0 Å². The lowest BCUT2D eigenvalue weighted by Gasteiger charge is -2.28. The van der Waals surface area contributed by atoms with Crippen molar-refractivity contribution in [2.75, 3.05) is 6.61 Å². The van der Waals surface area contributed by atoms with Gasteiger partial charge in [-0.3, -0.25) is 9.89 Å². The molecule has 0 aliphatic carbocycles. The van der Waals surface area contributed by atoms with E-state index in [1.165, 1.54) is 0 Å². The van der Waals surface area contributed by atoms with Gasteiger partial charge in [0, 0.05) is 11.3 Å². The first kappa shape index (κ1) is 14.6. The van der Waals surface area contributed by atoms with Crippen molar-refractivity contribution in [3.63, 3.8) is 0 Å². The second-order valence-electron chi connectivity index (χ2n) is 5.25. The Balaban J connectivity index is 2.10. The van der Waals surface area contributed by atoms with Crippen LogP contribution in [0.15, 0.2) is 34.0 Å². The molecule has 0 fully saturated rings. The summed E-state index contributed by atoms with van der Waals surface area (Å²) in [4.78, 5) is 17.1. The fourth-order valence-electron chi connectivity index (χ4n) is 2.95. The van der Waals surface area contributed by atoms with Crippen LogP contribution in [0.25, 0.3) is 0 Å². The maximum atomic E-state index is 12.5. The van der Waals surface area contributed by atoms with Crippen molar-refractivity contribution in [2.24, 2.45) is 10.9 Å². The highest BCUT2D eigenvalue weighted by atomic mass is 16.5. The number of aromatic amines is 1. The number of fused-ring (bicyclic) bond motifs is 1. The second-order valence-corrected chi connectivity index (χ2v) is 5.25. The minimum atomic E-state index is -0.462. The van der Waals surface area contributed by atoms with E-state index in [9.17, 15) is 4.79 Å². The molecular weight excluding hydrogens is 282 g/mol. The molecule has 0 amide bonds. The number of nitrogens with zero attached hydrogens (tertiary/aromatic N) is 2. The normalized spacial score (nSPS) is 20.4. The van der Waals surface area contributed by atoms with Crippen LogP contribution in [0.5, 0.6) is 0 Å². The van der Waals surface area contributed by atoms with Crippen LogP contribution in [0.4, 0.5) is 5.82 Å². The molecule has 6 nitrogen and oxygen atoms in total. The SMILES string of the molecule is CCCC1=Nc2[nH]ncc2C(c2ccco2)C1C(=O)OCC. The molecule has 1 aliphatic rings. The molecule has 0 saturated carbocycles. The Labute approximate surface area is 128 Å². The lowest BCUT2D eigenvalue weighted by Crippen LogP contribution is -2.34. The van der Waals surface area contributed by atoms with Crippen LogP contribution >= 0.6 is 0 Å². The molecular formula is C16H19N3O3. The Morgan fingerprint density at radius 1 is 1.45 bits per heavy atom. The fourth-order valence-corrected chi connectivity index (χ4v) is 2.95. The number of ether oxygens (including phenoxy) is 1. The van der Waals surface area contributed by atoms with E-state index in [2.05, 4.69) is 22.1 Å². The number of esters is 1. The molecule has 6 heteroatoms. The molecule has 2 unspecified atom stereocenters. The van der Waals surface area contributed by atoms with Crippen molar-refractivity contribution in [3.05, 3.63) is 35.9 Å². The third kappa shape index (κ3) is 2.45. The topological polar surface area (TPSA) is 80.5 Å². The quantitative estimate of drug-likeness (QED) is 0.860. The summed E-state index contributed by atoms with van der Waals surface area (Å²) in [5.74, 6) is 0.454. The molecule has 3 heterocycles. The third-order valence-electron chi connectivity index (χ3n) is 3.83. The summed E-state index contributed by atoms with van der Waals surface area (Å²) in [5.41, 5.74) is 1.69. The number of aliphatic imine (C=N–C) groups is 1. The summed E-state index contributed by atoms with van der Waals surface area (Å²) >= 11 is 0. The molecule has 0 bridgehead atoms. The summed E-state index contributed by atoms with van der Waals surface area (Å²) in [5, 5.41) is 6.97. The van der Waals surface area contributed by atoms with E-state index in [0.717, 1.165) is 29.9 Å². The molecule has 116 valence electrons. The first-order valence-corrected chi connectivity index (χ1v) is 7.57. The Morgan fingerprint density at radius 3 is 3.00 bits per heavy atom. The van der Waals surface area contributed by atoms with Crippen molar-refractivity contribution in [1.82, 2.24) is 10.2 Å². The van der Waals surface area contributed by atoms with Crippen LogP contribution in [0.1, 0.15) is 43.9 Å². The number of nitrogens with one attached hydrogen (secondary N) is 1. The van der Waals surface area contributed by atoms with Gasteiger partial charge in [0.2, 0.25) is 0 Å². The molecule has 1 N–H and O–H groups in total. The zero-order valence-electron chi connectivity index (χ0n) is 12.7. The van der Waals surface area contributed by atoms with E-state index < -0.39 is 5.92 Å². The van der Waals surface area contributed by atoms with Gasteiger partial charge in [-0.2, -0.15) is 5.10 Å². The van der Waals surface area contributed by atoms with E-state index in [1.54, 1.807) is 12.5 Å². The highest BCUT2D eigenvalue weighted by Crippen LogP contribution is 2.42. The minimum absolute atomic E-state index is 0.248. The Hall–Kier alpha value is -2.37. The number of carbonyl (C=O) groups excluding carboxylic acids is 1. The van der Waals surface area contributed by atoms with E-state index in [-0.39, 0.29) is 11.9 Å². The van der Waals surface area contributed by atoms with Gasteiger partial charge in [0.1, 0.15) is 11.7 Å². The number of rotatable bonds is 5. The van der Waals surface area contributed by atoms with Gasteiger partial charge in [0.25, 0.3) is 0 Å². The number of H-pyrrole nitrogens is 1. The third-order valence-corrected chi connectivity index (χ3v) is 3.83. The van der Waals surface area contributed by atoms with E-state index >= 15 is 0 Å². The Morgan fingerprint density at radius 2 is 2.32 bits per heavy atom. The van der Waals surface area contributed by atoms with Crippen molar-refractivity contribution in [2.45, 2.75) is 32.6 Å². The highest BCUT2D eigenvalue weighted by Gasteiger charge is 2.42. The molecule has 0 saturated heterocycles. The zero-order chi connectivity index (χ0) is 15.5. The number of hydrogen-bond donors (Lipinski definition) is 1. The monoisotopic (exact) mass is 301 g/mol. The standard InChI is InChI=1S/C16H19N3O3/c1-3-6-11-14(16(20)21-4-2)13(12-7-5-8-22-12)10-9-17-19-15(10)18-11/h5,7-9,13-14H,3-4,6H2,1-2H3,(H,17,19). The summed E-state index contributed by atoms with van der Waals surface area (Å²) in [6.45, 7) is 4.22. The first-order valence-electron chi connectivity index (χ1n) is 7.57. The minimum Gasteiger partial charge on any atom is -0.469 e. The number of carbonyl (C=O) groups is 1. The first-order chi connectivity index (χ1) is 10.8. The fraction of sp³-hybridized carbons (Fsp3) is 0.438. The largest absolute Gasteiger partial charge is 0.469 e. The molecule has 3 rings (SSSR count). The van der Waals surface area contributed by atoms with E-state index in [4.69, 9.17) is 9.15 Å². The predicted molar refractivity (Wildman–Crippen MR) is 81.3 cm³/mol. The second kappa shape index (κ2) is 6.17. The van der Waals surface area contributed by atoms with Crippen molar-refractivity contribution >= 4 is 17.5 Å². The van der Waals surface area contributed by atoms with Crippen molar-refractivity contribution in [1.29, 1.82) is 0 Å². The van der Waals surface area contributed by atoms with Crippen LogP contribution in [0, 0.1) is 5.92 Å². The van der Waals surface area contributed by atoms with Gasteiger partial charge < -0.3 is 9.15 Å². The van der Waals surface area contributed by atoms with Gasteiger partial charge in [-0.1, -0.05) is 13.3 Å². The summed E-state index contributed by atoms with van der Waals surface area (Å²) in [6, 6.07) is 3.70. The summed E-state index contributed by atoms with van der Waals surface area (Å²) in [6.07, 6.45) is 4.96. The molecule has 2 aromatic heterocycles. The number of aromatic nitrogens is 2. The molecule has 2 atom stereocenters. The highest BCUT2D eigenvalue weighted by molar-refractivity contribution is 6.05. The van der Waals surface area contributed by atoms with Crippen molar-refractivity contribution < 1.29 is 13.9 Å². The van der Waals surface area contributed by atoms with Gasteiger partial charge in [0.05, 0.1) is 25.0 Å². The maximum absolute atomic E-state index is 12.5.